The lowest BCUT2D eigenvalue weighted by Gasteiger charge is -2.11. The molecule has 0 aliphatic rings. The minimum absolute atomic E-state index is 0.0285. The fourth-order valence-electron chi connectivity index (χ4n) is 1.92. The molecule has 0 saturated carbocycles. The first kappa shape index (κ1) is 13.9. The van der Waals surface area contributed by atoms with E-state index in [1.807, 2.05) is 19.9 Å². The highest BCUT2D eigenvalue weighted by molar-refractivity contribution is 6.06. The maximum Gasteiger partial charge on any atom is 0.259 e. The van der Waals surface area contributed by atoms with E-state index in [0.717, 1.165) is 16.9 Å². The molecule has 0 aliphatic heterocycles. The lowest BCUT2D eigenvalue weighted by Crippen LogP contribution is -2.13. The van der Waals surface area contributed by atoms with Crippen LogP contribution in [0.25, 0.3) is 0 Å². The van der Waals surface area contributed by atoms with Crippen LogP contribution in [0.2, 0.25) is 0 Å². The number of hydrogen-bond donors (Lipinski definition) is 2. The average Bonchev–Trinajstić information content (AvgIpc) is 2.43. The average molecular weight is 271 g/mol. The first-order valence-electron chi connectivity index (χ1n) is 6.27. The van der Waals surface area contributed by atoms with Crippen molar-refractivity contribution in [3.05, 3.63) is 53.1 Å². The second-order valence-electron chi connectivity index (χ2n) is 4.66. The molecule has 0 saturated heterocycles. The maximum absolute atomic E-state index is 12.2. The van der Waals surface area contributed by atoms with Crippen LogP contribution in [0.3, 0.4) is 0 Å². The van der Waals surface area contributed by atoms with Crippen molar-refractivity contribution in [3.63, 3.8) is 0 Å². The van der Waals surface area contributed by atoms with E-state index in [-0.39, 0.29) is 17.2 Å². The Hall–Kier alpha value is -2.49. The van der Waals surface area contributed by atoms with E-state index in [4.69, 9.17) is 4.74 Å². The van der Waals surface area contributed by atoms with Crippen LogP contribution in [0, 0.1) is 13.8 Å². The molecule has 20 heavy (non-hydrogen) atoms. The molecule has 0 bridgehead atoms. The van der Waals surface area contributed by atoms with E-state index in [0.29, 0.717) is 5.69 Å². The molecule has 0 heterocycles. The number of aryl methyl sites for hydroxylation is 2. The number of methoxy groups -OCH3 is 1. The van der Waals surface area contributed by atoms with Gasteiger partial charge in [0.15, 0.2) is 0 Å². The van der Waals surface area contributed by atoms with E-state index in [2.05, 4.69) is 5.32 Å². The van der Waals surface area contributed by atoms with Crippen LogP contribution < -0.4 is 10.1 Å². The zero-order valence-corrected chi connectivity index (χ0v) is 11.7. The normalized spacial score (nSPS) is 10.2. The van der Waals surface area contributed by atoms with E-state index in [1.54, 1.807) is 31.4 Å². The number of rotatable bonds is 3. The van der Waals surface area contributed by atoms with Gasteiger partial charge < -0.3 is 15.2 Å². The standard InChI is InChI=1S/C16H17NO3/c1-10-4-7-15(18)13(8-10)16(19)17-14-6-5-12(20-3)9-11(14)2/h4-9,18H,1-3H3,(H,17,19). The first-order chi connectivity index (χ1) is 9.51. The Morgan fingerprint density at radius 1 is 1.15 bits per heavy atom. The highest BCUT2D eigenvalue weighted by Crippen LogP contribution is 2.24. The third kappa shape index (κ3) is 2.91. The molecule has 104 valence electrons. The molecule has 4 heteroatoms. The van der Waals surface area contributed by atoms with E-state index in [9.17, 15) is 9.90 Å². The number of nitrogens with one attached hydrogen (secondary N) is 1. The molecule has 0 fully saturated rings. The zero-order valence-electron chi connectivity index (χ0n) is 11.7. The van der Waals surface area contributed by atoms with Gasteiger partial charge in [0.1, 0.15) is 11.5 Å². The SMILES string of the molecule is COc1ccc(NC(=O)c2cc(C)ccc2O)c(C)c1. The van der Waals surface area contributed by atoms with Gasteiger partial charge in [-0.05, 0) is 49.7 Å². The van der Waals surface area contributed by atoms with Crippen molar-refractivity contribution in [3.8, 4) is 11.5 Å². The summed E-state index contributed by atoms with van der Waals surface area (Å²) >= 11 is 0. The second-order valence-corrected chi connectivity index (χ2v) is 4.66. The molecular weight excluding hydrogens is 254 g/mol. The maximum atomic E-state index is 12.2. The molecule has 2 aromatic carbocycles. The minimum atomic E-state index is -0.334. The Labute approximate surface area is 118 Å². The highest BCUT2D eigenvalue weighted by Gasteiger charge is 2.12. The number of phenols is 1. The second kappa shape index (κ2) is 5.65. The van der Waals surface area contributed by atoms with Crippen molar-refractivity contribution in [2.24, 2.45) is 0 Å². The van der Waals surface area contributed by atoms with Gasteiger partial charge in [-0.2, -0.15) is 0 Å². The molecule has 0 unspecified atom stereocenters. The number of phenolic OH excluding ortho intramolecular Hbond substituents is 1. The topological polar surface area (TPSA) is 58.6 Å². The van der Waals surface area contributed by atoms with Crippen LogP contribution in [0.4, 0.5) is 5.69 Å². The van der Waals surface area contributed by atoms with E-state index in [1.165, 1.54) is 6.07 Å². The van der Waals surface area contributed by atoms with Crippen LogP contribution in [-0.2, 0) is 0 Å². The van der Waals surface area contributed by atoms with Crippen LogP contribution in [-0.4, -0.2) is 18.1 Å². The van der Waals surface area contributed by atoms with Crippen molar-refractivity contribution in [1.82, 2.24) is 0 Å². The molecule has 0 aromatic heterocycles. The number of hydrogen-bond acceptors (Lipinski definition) is 3. The Kier molecular flexibility index (Phi) is 3.94. The van der Waals surface area contributed by atoms with Gasteiger partial charge in [-0.1, -0.05) is 11.6 Å². The van der Waals surface area contributed by atoms with Gasteiger partial charge in [-0.3, -0.25) is 4.79 Å². The van der Waals surface area contributed by atoms with Gasteiger partial charge in [0, 0.05) is 5.69 Å². The van der Waals surface area contributed by atoms with Crippen LogP contribution in [0.15, 0.2) is 36.4 Å². The quantitative estimate of drug-likeness (QED) is 0.900. The zero-order chi connectivity index (χ0) is 14.7. The number of anilines is 1. The Morgan fingerprint density at radius 2 is 1.90 bits per heavy atom. The van der Waals surface area contributed by atoms with Gasteiger partial charge in [-0.25, -0.2) is 0 Å². The molecule has 2 N–H and O–H groups in total. The van der Waals surface area contributed by atoms with Crippen LogP contribution in [0.1, 0.15) is 21.5 Å². The molecule has 2 rings (SSSR count). The minimum Gasteiger partial charge on any atom is -0.507 e. The largest absolute Gasteiger partial charge is 0.507 e. The summed E-state index contributed by atoms with van der Waals surface area (Å²) in [5.41, 5.74) is 2.76. The lowest BCUT2D eigenvalue weighted by atomic mass is 10.1. The van der Waals surface area contributed by atoms with Crippen molar-refractivity contribution in [2.45, 2.75) is 13.8 Å². The fraction of sp³-hybridized carbons (Fsp3) is 0.188. The summed E-state index contributed by atoms with van der Waals surface area (Å²) in [6.07, 6.45) is 0. The third-order valence-electron chi connectivity index (χ3n) is 3.08. The highest BCUT2D eigenvalue weighted by atomic mass is 16.5. The van der Waals surface area contributed by atoms with Crippen LogP contribution >= 0.6 is 0 Å². The number of ether oxygens (including phenoxy) is 1. The fourth-order valence-corrected chi connectivity index (χ4v) is 1.92. The van der Waals surface area contributed by atoms with E-state index < -0.39 is 0 Å². The summed E-state index contributed by atoms with van der Waals surface area (Å²) in [6.45, 7) is 3.75. The van der Waals surface area contributed by atoms with Crippen molar-refractivity contribution in [2.75, 3.05) is 12.4 Å². The summed E-state index contributed by atoms with van der Waals surface area (Å²) in [7, 11) is 1.60. The monoisotopic (exact) mass is 271 g/mol. The number of aromatic hydroxyl groups is 1. The number of benzene rings is 2. The number of carbonyl (C=O) groups excluding carboxylic acids is 1. The third-order valence-corrected chi connectivity index (χ3v) is 3.08. The van der Waals surface area contributed by atoms with Gasteiger partial charge in [0.2, 0.25) is 0 Å². The summed E-state index contributed by atoms with van der Waals surface area (Å²) in [5, 5.41) is 12.5. The Balaban J connectivity index is 2.25. The summed E-state index contributed by atoms with van der Waals surface area (Å²) in [4.78, 5) is 12.2. The van der Waals surface area contributed by atoms with Gasteiger partial charge in [0.25, 0.3) is 5.91 Å². The summed E-state index contributed by atoms with van der Waals surface area (Å²) < 4.78 is 5.12. The van der Waals surface area contributed by atoms with Gasteiger partial charge in [0.05, 0.1) is 12.7 Å². The van der Waals surface area contributed by atoms with Crippen molar-refractivity contribution >= 4 is 11.6 Å². The van der Waals surface area contributed by atoms with Crippen molar-refractivity contribution in [1.29, 1.82) is 0 Å². The van der Waals surface area contributed by atoms with Gasteiger partial charge >= 0.3 is 0 Å². The van der Waals surface area contributed by atoms with E-state index >= 15 is 0 Å². The summed E-state index contributed by atoms with van der Waals surface area (Å²) in [6, 6.07) is 10.3. The molecule has 1 amide bonds. The van der Waals surface area contributed by atoms with Crippen molar-refractivity contribution < 1.29 is 14.6 Å². The summed E-state index contributed by atoms with van der Waals surface area (Å²) in [5.74, 6) is 0.373. The Bertz CT molecular complexity index is 650. The molecule has 0 atom stereocenters. The molecule has 0 radical (unpaired) electrons. The Morgan fingerprint density at radius 3 is 2.55 bits per heavy atom. The molecular formula is C16H17NO3. The molecule has 2 aromatic rings. The lowest BCUT2D eigenvalue weighted by molar-refractivity contribution is 0.102. The van der Waals surface area contributed by atoms with Gasteiger partial charge in [-0.15, -0.1) is 0 Å². The number of amides is 1. The number of carbonyl (C=O) groups is 1. The predicted octanol–water partition coefficient (Wildman–Crippen LogP) is 3.27. The molecule has 4 nitrogen and oxygen atoms in total. The smallest absolute Gasteiger partial charge is 0.259 e. The molecule has 0 spiro atoms. The van der Waals surface area contributed by atoms with Crippen LogP contribution in [0.5, 0.6) is 11.5 Å². The first-order valence-corrected chi connectivity index (χ1v) is 6.27. The molecule has 0 aliphatic carbocycles. The predicted molar refractivity (Wildman–Crippen MR) is 78.5 cm³/mol.